The molecule has 0 aliphatic carbocycles. The quantitative estimate of drug-likeness (QED) is 0.375. The fourth-order valence-corrected chi connectivity index (χ4v) is 1.96. The molecule has 2 nitrogen and oxygen atoms in total. The van der Waals surface area contributed by atoms with Crippen LogP contribution in [-0.4, -0.2) is 42.0 Å². The minimum atomic E-state index is 0.104. The van der Waals surface area contributed by atoms with Crippen LogP contribution in [0.15, 0.2) is 0 Å². The lowest BCUT2D eigenvalue weighted by Crippen LogP contribution is -2.15. The van der Waals surface area contributed by atoms with Crippen molar-refractivity contribution in [1.82, 2.24) is 0 Å². The van der Waals surface area contributed by atoms with E-state index in [1.165, 1.54) is 0 Å². The molecule has 0 bridgehead atoms. The molecule has 0 heterocycles. The number of hydrogen-bond acceptors (Lipinski definition) is 5. The van der Waals surface area contributed by atoms with Crippen LogP contribution in [0.1, 0.15) is 13.8 Å². The van der Waals surface area contributed by atoms with Crippen molar-refractivity contribution in [1.29, 1.82) is 0 Å². The van der Waals surface area contributed by atoms with Gasteiger partial charge in [0, 0.05) is 22.0 Å². The summed E-state index contributed by atoms with van der Waals surface area (Å²) in [4.78, 5) is 0. The third kappa shape index (κ3) is 13.0. The Morgan fingerprint density at radius 1 is 1.21 bits per heavy atom. The van der Waals surface area contributed by atoms with Gasteiger partial charge in [-0.2, -0.15) is 37.0 Å². The van der Waals surface area contributed by atoms with E-state index < -0.39 is 0 Å². The Morgan fingerprint density at radius 3 is 2.43 bits per heavy atom. The number of hydrogen-bond donors (Lipinski definition) is 2. The van der Waals surface area contributed by atoms with Gasteiger partial charge in [-0.3, -0.25) is 0 Å². The molecule has 0 amide bonds. The molecule has 0 N–H and O–H groups in total. The lowest BCUT2D eigenvalue weighted by molar-refractivity contribution is -0.0425. The molecular weight excluding hydrogens is 236 g/mol. The summed E-state index contributed by atoms with van der Waals surface area (Å²) >= 11 is 10.3. The SMILES string of the molecule is CC(C)(S)CSCCOCOCCS. The second kappa shape index (κ2) is 9.21. The summed E-state index contributed by atoms with van der Waals surface area (Å²) < 4.78 is 10.5. The number of thioether (sulfide) groups is 1. The van der Waals surface area contributed by atoms with Gasteiger partial charge >= 0.3 is 0 Å². The topological polar surface area (TPSA) is 18.5 Å². The summed E-state index contributed by atoms with van der Waals surface area (Å²) in [6.45, 7) is 5.99. The van der Waals surface area contributed by atoms with E-state index in [1.54, 1.807) is 0 Å². The van der Waals surface area contributed by atoms with Gasteiger partial charge < -0.3 is 9.47 Å². The maximum Gasteiger partial charge on any atom is 0.146 e. The van der Waals surface area contributed by atoms with Crippen molar-refractivity contribution in [3.05, 3.63) is 0 Å². The first-order valence-corrected chi connectivity index (χ1v) is 6.86. The lowest BCUT2D eigenvalue weighted by Gasteiger charge is -2.16. The monoisotopic (exact) mass is 256 g/mol. The standard InChI is InChI=1S/C9H20O2S3/c1-9(2,13)7-14-6-4-11-8-10-3-5-12/h12-13H,3-8H2,1-2H3. The van der Waals surface area contributed by atoms with E-state index in [2.05, 4.69) is 39.1 Å². The third-order valence-electron chi connectivity index (χ3n) is 1.23. The van der Waals surface area contributed by atoms with Gasteiger partial charge in [-0.05, 0) is 0 Å². The molecule has 0 aliphatic heterocycles. The molecule has 14 heavy (non-hydrogen) atoms. The third-order valence-corrected chi connectivity index (χ3v) is 3.17. The number of rotatable bonds is 9. The molecule has 0 aromatic rings. The van der Waals surface area contributed by atoms with E-state index in [9.17, 15) is 0 Å². The Balaban J connectivity index is 2.99. The minimum absolute atomic E-state index is 0.104. The van der Waals surface area contributed by atoms with Crippen LogP contribution in [0.3, 0.4) is 0 Å². The summed E-state index contributed by atoms with van der Waals surface area (Å²) in [6, 6.07) is 0. The Kier molecular flexibility index (Phi) is 9.85. The molecule has 0 atom stereocenters. The summed E-state index contributed by atoms with van der Waals surface area (Å²) in [5.74, 6) is 2.77. The largest absolute Gasteiger partial charge is 0.355 e. The molecular formula is C9H20O2S3. The summed E-state index contributed by atoms with van der Waals surface area (Å²) in [5.41, 5.74) is 0. The summed E-state index contributed by atoms with van der Waals surface area (Å²) in [5, 5.41) is 0. The Morgan fingerprint density at radius 2 is 1.86 bits per heavy atom. The summed E-state index contributed by atoms with van der Waals surface area (Å²) in [7, 11) is 0. The molecule has 0 saturated heterocycles. The van der Waals surface area contributed by atoms with Gasteiger partial charge in [0.05, 0.1) is 13.2 Å². The highest BCUT2D eigenvalue weighted by atomic mass is 32.2. The first kappa shape index (κ1) is 15.0. The van der Waals surface area contributed by atoms with Crippen molar-refractivity contribution in [2.75, 3.05) is 37.3 Å². The minimum Gasteiger partial charge on any atom is -0.355 e. The van der Waals surface area contributed by atoms with Crippen LogP contribution in [-0.2, 0) is 9.47 Å². The van der Waals surface area contributed by atoms with Crippen LogP contribution >= 0.6 is 37.0 Å². The average Bonchev–Trinajstić information content (AvgIpc) is 2.08. The van der Waals surface area contributed by atoms with Gasteiger partial charge in [-0.15, -0.1) is 0 Å². The molecule has 0 rings (SSSR count). The van der Waals surface area contributed by atoms with Gasteiger partial charge in [0.1, 0.15) is 6.79 Å². The summed E-state index contributed by atoms with van der Waals surface area (Å²) in [6.07, 6.45) is 0. The van der Waals surface area contributed by atoms with Gasteiger partial charge in [0.2, 0.25) is 0 Å². The van der Waals surface area contributed by atoms with Crippen LogP contribution in [0.2, 0.25) is 0 Å². The van der Waals surface area contributed by atoms with Gasteiger partial charge in [-0.1, -0.05) is 13.8 Å². The van der Waals surface area contributed by atoms with Crippen LogP contribution in [0.5, 0.6) is 0 Å². The smallest absolute Gasteiger partial charge is 0.146 e. The molecule has 0 unspecified atom stereocenters. The van der Waals surface area contributed by atoms with E-state index in [0.717, 1.165) is 23.9 Å². The number of thiol groups is 2. The highest BCUT2D eigenvalue weighted by Gasteiger charge is 2.10. The maximum atomic E-state index is 5.25. The highest BCUT2D eigenvalue weighted by Crippen LogP contribution is 2.18. The Labute approximate surface area is 102 Å². The fraction of sp³-hybridized carbons (Fsp3) is 1.00. The highest BCUT2D eigenvalue weighted by molar-refractivity contribution is 8.00. The van der Waals surface area contributed by atoms with E-state index in [1.807, 2.05) is 11.8 Å². The fourth-order valence-electron chi connectivity index (χ4n) is 0.681. The molecule has 0 aromatic carbocycles. The molecule has 5 heteroatoms. The van der Waals surface area contributed by atoms with Crippen LogP contribution in [0.25, 0.3) is 0 Å². The van der Waals surface area contributed by atoms with Crippen molar-refractivity contribution in [3.63, 3.8) is 0 Å². The van der Waals surface area contributed by atoms with Crippen molar-refractivity contribution < 1.29 is 9.47 Å². The molecule has 0 radical (unpaired) electrons. The second-order valence-electron chi connectivity index (χ2n) is 3.52. The van der Waals surface area contributed by atoms with Crippen molar-refractivity contribution in [2.45, 2.75) is 18.6 Å². The maximum absolute atomic E-state index is 5.25. The van der Waals surface area contributed by atoms with Gasteiger partial charge in [0.15, 0.2) is 0 Å². The van der Waals surface area contributed by atoms with E-state index in [-0.39, 0.29) is 4.75 Å². The van der Waals surface area contributed by atoms with E-state index in [4.69, 9.17) is 9.47 Å². The molecule has 0 aliphatic rings. The van der Waals surface area contributed by atoms with Crippen molar-refractivity contribution >= 4 is 37.0 Å². The molecule has 0 saturated carbocycles. The second-order valence-corrected chi connectivity index (χ2v) is 6.29. The Bertz CT molecular complexity index is 126. The first-order valence-electron chi connectivity index (χ1n) is 4.63. The molecule has 0 spiro atoms. The van der Waals surface area contributed by atoms with Crippen LogP contribution < -0.4 is 0 Å². The van der Waals surface area contributed by atoms with Crippen LogP contribution in [0, 0.1) is 0 Å². The van der Waals surface area contributed by atoms with Gasteiger partial charge in [0.25, 0.3) is 0 Å². The zero-order chi connectivity index (χ0) is 10.9. The van der Waals surface area contributed by atoms with Crippen molar-refractivity contribution in [2.24, 2.45) is 0 Å². The lowest BCUT2D eigenvalue weighted by atomic mass is 10.2. The zero-order valence-electron chi connectivity index (χ0n) is 8.86. The molecule has 0 fully saturated rings. The molecule has 0 aromatic heterocycles. The normalized spacial score (nSPS) is 12.0. The predicted octanol–water partition coefficient (Wildman–Crippen LogP) is 2.35. The number of ether oxygens (including phenoxy) is 2. The zero-order valence-corrected chi connectivity index (χ0v) is 11.5. The van der Waals surface area contributed by atoms with Crippen LogP contribution in [0.4, 0.5) is 0 Å². The van der Waals surface area contributed by atoms with E-state index >= 15 is 0 Å². The van der Waals surface area contributed by atoms with Crippen molar-refractivity contribution in [3.8, 4) is 0 Å². The first-order chi connectivity index (χ1) is 6.56. The van der Waals surface area contributed by atoms with Gasteiger partial charge in [-0.25, -0.2) is 0 Å². The predicted molar refractivity (Wildman–Crippen MR) is 71.0 cm³/mol. The Hall–Kier alpha value is 0.970. The molecule has 86 valence electrons. The average molecular weight is 256 g/mol. The van der Waals surface area contributed by atoms with E-state index in [0.29, 0.717) is 13.4 Å².